The van der Waals surface area contributed by atoms with Crippen LogP contribution >= 0.6 is 12.4 Å². The van der Waals surface area contributed by atoms with Crippen LogP contribution in [0.5, 0.6) is 0 Å². The second-order valence-electron chi connectivity index (χ2n) is 4.20. The van der Waals surface area contributed by atoms with Crippen molar-refractivity contribution in [3.8, 4) is 0 Å². The quantitative estimate of drug-likeness (QED) is 0.499. The van der Waals surface area contributed by atoms with Gasteiger partial charge in [0.2, 0.25) is 5.96 Å². The fraction of sp³-hybridized carbons (Fsp3) is 0.308. The Hall–Kier alpha value is -2.28. The average molecular weight is 315 g/mol. The van der Waals surface area contributed by atoms with Crippen LogP contribution in [-0.2, 0) is 9.53 Å². The van der Waals surface area contributed by atoms with Crippen LogP contribution in [-0.4, -0.2) is 43.6 Å². The second-order valence-corrected chi connectivity index (χ2v) is 4.20. The van der Waals surface area contributed by atoms with Crippen molar-refractivity contribution >= 4 is 36.1 Å². The molecule has 0 aromatic heterocycles. The number of nitrogens with zero attached hydrogens (tertiary/aromatic N) is 2. The number of ether oxygens (including phenoxy) is 1. The summed E-state index contributed by atoms with van der Waals surface area (Å²) in [7, 11) is 2.81. The van der Waals surface area contributed by atoms with E-state index in [1.165, 1.54) is 19.1 Å². The molecule has 0 saturated carbocycles. The lowest BCUT2D eigenvalue weighted by Gasteiger charge is -2.15. The van der Waals surface area contributed by atoms with Crippen molar-refractivity contribution in [3.05, 3.63) is 29.8 Å². The molecular formula is C13H19ClN4O3. The zero-order chi connectivity index (χ0) is 15.1. The highest BCUT2D eigenvalue weighted by Crippen LogP contribution is 2.09. The van der Waals surface area contributed by atoms with E-state index in [1.807, 2.05) is 25.1 Å². The van der Waals surface area contributed by atoms with Crippen LogP contribution in [0.1, 0.15) is 5.56 Å². The molecule has 1 rings (SSSR count). The van der Waals surface area contributed by atoms with Gasteiger partial charge in [-0.25, -0.2) is 4.79 Å². The summed E-state index contributed by atoms with van der Waals surface area (Å²) in [6.45, 7) is 1.83. The Labute approximate surface area is 129 Å². The van der Waals surface area contributed by atoms with E-state index in [9.17, 15) is 9.59 Å². The summed E-state index contributed by atoms with van der Waals surface area (Å²) in [5, 5.41) is 2.59. The van der Waals surface area contributed by atoms with Gasteiger partial charge in [0.05, 0.1) is 7.11 Å². The summed E-state index contributed by atoms with van der Waals surface area (Å²) >= 11 is 0. The first kappa shape index (κ1) is 18.7. The number of nitrogens with two attached hydrogens (primary N) is 1. The number of halogens is 1. The molecule has 116 valence electrons. The number of likely N-dealkylation sites (N-methyl/N-ethyl adjacent to an activating group) is 1. The van der Waals surface area contributed by atoms with Crippen molar-refractivity contribution in [3.63, 3.8) is 0 Å². The number of urea groups is 1. The van der Waals surface area contributed by atoms with Crippen molar-refractivity contribution in [1.82, 2.24) is 4.90 Å². The highest BCUT2D eigenvalue weighted by molar-refractivity contribution is 5.99. The van der Waals surface area contributed by atoms with Crippen molar-refractivity contribution in [1.29, 1.82) is 0 Å². The Morgan fingerprint density at radius 2 is 2.10 bits per heavy atom. The first-order chi connectivity index (χ1) is 9.42. The number of hydrogen-bond donors (Lipinski definition) is 2. The summed E-state index contributed by atoms with van der Waals surface area (Å²) in [5.41, 5.74) is 7.26. The van der Waals surface area contributed by atoms with Gasteiger partial charge < -0.3 is 20.7 Å². The van der Waals surface area contributed by atoms with E-state index in [4.69, 9.17) is 5.73 Å². The van der Waals surface area contributed by atoms with Crippen LogP contribution in [0.4, 0.5) is 10.5 Å². The number of guanidine groups is 1. The van der Waals surface area contributed by atoms with Crippen molar-refractivity contribution < 1.29 is 14.3 Å². The summed E-state index contributed by atoms with van der Waals surface area (Å²) < 4.78 is 4.49. The third-order valence-electron chi connectivity index (χ3n) is 2.47. The monoisotopic (exact) mass is 314 g/mol. The molecule has 0 aliphatic carbocycles. The van der Waals surface area contributed by atoms with Gasteiger partial charge in [0.25, 0.3) is 0 Å². The van der Waals surface area contributed by atoms with Gasteiger partial charge in [0.15, 0.2) is 0 Å². The number of carbonyl (C=O) groups excluding carboxylic acids is 2. The minimum atomic E-state index is -0.607. The molecule has 8 heteroatoms. The summed E-state index contributed by atoms with van der Waals surface area (Å²) in [4.78, 5) is 27.7. The van der Waals surface area contributed by atoms with E-state index < -0.39 is 12.0 Å². The summed E-state index contributed by atoms with van der Waals surface area (Å²) in [6, 6.07) is 6.68. The number of aliphatic imine (C=N–C) groups is 1. The number of anilines is 1. The fourth-order valence-electron chi connectivity index (χ4n) is 1.40. The Balaban J connectivity index is 0.00000400. The van der Waals surface area contributed by atoms with Gasteiger partial charge in [0.1, 0.15) is 6.54 Å². The Morgan fingerprint density at radius 1 is 1.43 bits per heavy atom. The van der Waals surface area contributed by atoms with Gasteiger partial charge in [-0.3, -0.25) is 4.79 Å². The van der Waals surface area contributed by atoms with Crippen LogP contribution in [0, 0.1) is 6.92 Å². The lowest BCUT2D eigenvalue weighted by molar-refractivity contribution is -0.140. The molecule has 2 amide bonds. The highest BCUT2D eigenvalue weighted by Gasteiger charge is 2.10. The Bertz CT molecular complexity index is 534. The predicted octanol–water partition coefficient (Wildman–Crippen LogP) is 1.37. The van der Waals surface area contributed by atoms with E-state index in [2.05, 4.69) is 15.0 Å². The lowest BCUT2D eigenvalue weighted by atomic mass is 10.2. The minimum Gasteiger partial charge on any atom is -0.468 e. The number of rotatable bonds is 3. The van der Waals surface area contributed by atoms with Crippen molar-refractivity contribution in [2.24, 2.45) is 10.7 Å². The maximum atomic E-state index is 11.7. The molecular weight excluding hydrogens is 296 g/mol. The smallest absolute Gasteiger partial charge is 0.348 e. The Morgan fingerprint density at radius 3 is 2.67 bits per heavy atom. The zero-order valence-corrected chi connectivity index (χ0v) is 12.9. The number of benzene rings is 1. The number of nitrogens with one attached hydrogen (secondary N) is 1. The van der Waals surface area contributed by atoms with Crippen molar-refractivity contribution in [2.75, 3.05) is 26.0 Å². The van der Waals surface area contributed by atoms with Crippen molar-refractivity contribution in [2.45, 2.75) is 6.92 Å². The number of methoxy groups -OCH3 is 1. The standard InChI is InChI=1S/C13H18N4O3.ClH/c1-9-5-4-6-10(7-9)15-13(19)16-12(14)17(2)8-11(18)20-3;/h4-7H,8H2,1-3H3,(H3,14,15,16,19);1H. The number of amides is 2. The first-order valence-electron chi connectivity index (χ1n) is 5.92. The molecule has 21 heavy (non-hydrogen) atoms. The molecule has 0 fully saturated rings. The van der Waals surface area contributed by atoms with E-state index in [-0.39, 0.29) is 24.9 Å². The molecule has 0 aliphatic rings. The predicted molar refractivity (Wildman–Crippen MR) is 83.7 cm³/mol. The molecule has 0 atom stereocenters. The van der Waals surface area contributed by atoms with E-state index in [0.29, 0.717) is 5.69 Å². The molecule has 0 aliphatic heterocycles. The molecule has 1 aromatic carbocycles. The molecule has 1 aromatic rings. The summed E-state index contributed by atoms with van der Waals surface area (Å²) in [5.74, 6) is -0.537. The van der Waals surface area contributed by atoms with Crippen LogP contribution in [0.25, 0.3) is 0 Å². The topological polar surface area (TPSA) is 97.0 Å². The Kier molecular flexibility index (Phi) is 7.85. The van der Waals surface area contributed by atoms with Gasteiger partial charge in [-0.2, -0.15) is 4.99 Å². The molecule has 0 unspecified atom stereocenters. The molecule has 0 spiro atoms. The fourth-order valence-corrected chi connectivity index (χ4v) is 1.40. The molecule has 0 radical (unpaired) electrons. The minimum absolute atomic E-state index is 0. The van der Waals surface area contributed by atoms with Gasteiger partial charge in [-0.15, -0.1) is 12.4 Å². The number of carbonyl (C=O) groups is 2. The average Bonchev–Trinajstić information content (AvgIpc) is 2.38. The largest absolute Gasteiger partial charge is 0.468 e. The zero-order valence-electron chi connectivity index (χ0n) is 12.1. The maximum Gasteiger partial charge on any atom is 0.348 e. The van der Waals surface area contributed by atoms with Gasteiger partial charge in [-0.05, 0) is 24.6 Å². The van der Waals surface area contributed by atoms with E-state index in [0.717, 1.165) is 5.56 Å². The SMILES string of the molecule is COC(=O)CN(C)C(N)=NC(=O)Nc1cccc(C)c1.Cl. The van der Waals surface area contributed by atoms with Crippen LogP contribution in [0.3, 0.4) is 0 Å². The normalized spacial score (nSPS) is 10.3. The lowest BCUT2D eigenvalue weighted by Crippen LogP contribution is -2.39. The molecule has 0 saturated heterocycles. The molecule has 7 nitrogen and oxygen atoms in total. The third kappa shape index (κ3) is 6.62. The molecule has 3 N–H and O–H groups in total. The molecule has 0 bridgehead atoms. The van der Waals surface area contributed by atoms with Crippen LogP contribution < -0.4 is 11.1 Å². The maximum absolute atomic E-state index is 11.7. The van der Waals surface area contributed by atoms with E-state index in [1.54, 1.807) is 6.07 Å². The number of esters is 1. The first-order valence-corrected chi connectivity index (χ1v) is 5.92. The van der Waals surface area contributed by atoms with Gasteiger partial charge >= 0.3 is 12.0 Å². The van der Waals surface area contributed by atoms with Crippen LogP contribution in [0.15, 0.2) is 29.3 Å². The third-order valence-corrected chi connectivity index (χ3v) is 2.47. The molecule has 0 heterocycles. The number of aryl methyl sites for hydroxylation is 1. The summed E-state index contributed by atoms with van der Waals surface area (Å²) in [6.07, 6.45) is 0. The second kappa shape index (κ2) is 8.80. The van der Waals surface area contributed by atoms with Crippen LogP contribution in [0.2, 0.25) is 0 Å². The number of hydrogen-bond acceptors (Lipinski definition) is 3. The highest BCUT2D eigenvalue weighted by atomic mass is 35.5. The van der Waals surface area contributed by atoms with Gasteiger partial charge in [0, 0.05) is 12.7 Å². The van der Waals surface area contributed by atoms with Gasteiger partial charge in [-0.1, -0.05) is 12.1 Å². The van der Waals surface area contributed by atoms with E-state index >= 15 is 0 Å².